The summed E-state index contributed by atoms with van der Waals surface area (Å²) in [7, 11) is 0. The molecule has 1 unspecified atom stereocenters. The zero-order valence-electron chi connectivity index (χ0n) is 9.67. The lowest BCUT2D eigenvalue weighted by atomic mass is 10.1. The Bertz CT molecular complexity index is 562. The van der Waals surface area contributed by atoms with Crippen molar-refractivity contribution in [2.24, 2.45) is 0 Å². The molecule has 1 aliphatic heterocycles. The van der Waals surface area contributed by atoms with E-state index in [0.29, 0.717) is 16.9 Å². The lowest BCUT2D eigenvalue weighted by Gasteiger charge is -2.32. The molecular formula is C12H11N3O3. The summed E-state index contributed by atoms with van der Waals surface area (Å²) < 4.78 is 0. The molecule has 2 rings (SSSR count). The molecule has 6 heteroatoms. The van der Waals surface area contributed by atoms with Gasteiger partial charge in [0, 0.05) is 0 Å². The van der Waals surface area contributed by atoms with E-state index in [2.05, 4.69) is 5.32 Å². The van der Waals surface area contributed by atoms with Gasteiger partial charge < -0.3 is 10.4 Å². The monoisotopic (exact) mass is 245 g/mol. The Kier molecular flexibility index (Phi) is 2.90. The summed E-state index contributed by atoms with van der Waals surface area (Å²) in [6, 6.07) is 5.80. The molecule has 1 aromatic rings. The second-order valence-electron chi connectivity index (χ2n) is 3.98. The van der Waals surface area contributed by atoms with E-state index in [-0.39, 0.29) is 12.5 Å². The largest absolute Gasteiger partial charge is 0.480 e. The topological polar surface area (TPSA) is 93.4 Å². The number of nitrogens with zero attached hydrogens (tertiary/aromatic N) is 2. The van der Waals surface area contributed by atoms with Crippen LogP contribution in [0.1, 0.15) is 12.5 Å². The molecule has 0 fully saturated rings. The van der Waals surface area contributed by atoms with Gasteiger partial charge in [-0.3, -0.25) is 9.69 Å². The second-order valence-corrected chi connectivity index (χ2v) is 3.98. The number of benzene rings is 1. The highest BCUT2D eigenvalue weighted by molar-refractivity contribution is 6.06. The van der Waals surface area contributed by atoms with Gasteiger partial charge in [0.1, 0.15) is 6.04 Å². The number of amides is 1. The summed E-state index contributed by atoms with van der Waals surface area (Å²) in [6.45, 7) is 1.49. The number of rotatable bonds is 2. The summed E-state index contributed by atoms with van der Waals surface area (Å²) in [4.78, 5) is 24.1. The fraction of sp³-hybridized carbons (Fsp3) is 0.250. The molecule has 2 N–H and O–H groups in total. The third kappa shape index (κ3) is 1.86. The maximum atomic E-state index is 11.8. The number of aliphatic carboxylic acids is 1. The van der Waals surface area contributed by atoms with Crippen molar-refractivity contribution in [1.29, 1.82) is 5.26 Å². The van der Waals surface area contributed by atoms with Crippen molar-refractivity contribution in [2.75, 3.05) is 16.8 Å². The normalized spacial score (nSPS) is 15.3. The molecule has 0 spiro atoms. The third-order valence-corrected chi connectivity index (χ3v) is 2.83. The van der Waals surface area contributed by atoms with Gasteiger partial charge in [-0.1, -0.05) is 0 Å². The zero-order chi connectivity index (χ0) is 13.3. The summed E-state index contributed by atoms with van der Waals surface area (Å²) in [5.41, 5.74) is 1.47. The van der Waals surface area contributed by atoms with Gasteiger partial charge in [0.05, 0.1) is 29.6 Å². The van der Waals surface area contributed by atoms with Gasteiger partial charge in [0.2, 0.25) is 5.91 Å². The Morgan fingerprint density at radius 3 is 2.94 bits per heavy atom. The standard InChI is InChI=1S/C12H11N3O3/c1-7(12(17)18)15-10-4-8(5-13)2-3-9(10)14-6-11(15)16/h2-4,7,14H,6H2,1H3,(H,17,18). The highest BCUT2D eigenvalue weighted by Gasteiger charge is 2.31. The first-order valence-electron chi connectivity index (χ1n) is 5.37. The molecule has 0 aromatic heterocycles. The fourth-order valence-electron chi connectivity index (χ4n) is 1.88. The molecule has 0 aliphatic carbocycles. The second kappa shape index (κ2) is 4.37. The van der Waals surface area contributed by atoms with Gasteiger partial charge in [-0.05, 0) is 25.1 Å². The Morgan fingerprint density at radius 1 is 1.61 bits per heavy atom. The van der Waals surface area contributed by atoms with Crippen LogP contribution in [-0.4, -0.2) is 29.6 Å². The predicted molar refractivity (Wildman–Crippen MR) is 64.2 cm³/mol. The van der Waals surface area contributed by atoms with Crippen molar-refractivity contribution < 1.29 is 14.7 Å². The molecule has 1 aromatic carbocycles. The number of hydrogen-bond donors (Lipinski definition) is 2. The maximum Gasteiger partial charge on any atom is 0.326 e. The minimum Gasteiger partial charge on any atom is -0.480 e. The smallest absolute Gasteiger partial charge is 0.326 e. The minimum atomic E-state index is -1.08. The number of nitriles is 1. The van der Waals surface area contributed by atoms with Crippen LogP contribution in [0.5, 0.6) is 0 Å². The molecule has 92 valence electrons. The minimum absolute atomic E-state index is 0.0521. The van der Waals surface area contributed by atoms with Crippen molar-refractivity contribution in [1.82, 2.24) is 0 Å². The first kappa shape index (κ1) is 11.9. The van der Waals surface area contributed by atoms with Gasteiger partial charge >= 0.3 is 5.97 Å². The Morgan fingerprint density at radius 2 is 2.33 bits per heavy atom. The number of anilines is 2. The van der Waals surface area contributed by atoms with Crippen LogP contribution in [0.4, 0.5) is 11.4 Å². The average Bonchev–Trinajstić information content (AvgIpc) is 2.37. The summed E-state index contributed by atoms with van der Waals surface area (Å²) in [5.74, 6) is -1.41. The molecule has 1 atom stereocenters. The Hall–Kier alpha value is -2.55. The van der Waals surface area contributed by atoms with Crippen LogP contribution < -0.4 is 10.2 Å². The highest BCUT2D eigenvalue weighted by Crippen LogP contribution is 2.31. The van der Waals surface area contributed by atoms with Gasteiger partial charge in [-0.2, -0.15) is 5.26 Å². The van der Waals surface area contributed by atoms with E-state index in [4.69, 9.17) is 10.4 Å². The number of hydrogen-bond acceptors (Lipinski definition) is 4. The number of carboxylic acid groups (broad SMARTS) is 1. The molecule has 0 saturated carbocycles. The number of carbonyl (C=O) groups excluding carboxylic acids is 1. The van der Waals surface area contributed by atoms with Crippen LogP contribution in [-0.2, 0) is 9.59 Å². The summed E-state index contributed by atoms with van der Waals surface area (Å²) >= 11 is 0. The van der Waals surface area contributed by atoms with Crippen LogP contribution in [0.15, 0.2) is 18.2 Å². The van der Waals surface area contributed by atoms with Gasteiger partial charge in [0.25, 0.3) is 0 Å². The van der Waals surface area contributed by atoms with Crippen molar-refractivity contribution in [3.63, 3.8) is 0 Å². The van der Waals surface area contributed by atoms with Crippen LogP contribution in [0.25, 0.3) is 0 Å². The van der Waals surface area contributed by atoms with E-state index in [1.807, 2.05) is 6.07 Å². The average molecular weight is 245 g/mol. The van der Waals surface area contributed by atoms with Crippen LogP contribution in [0.3, 0.4) is 0 Å². The summed E-state index contributed by atoms with van der Waals surface area (Å²) in [6.07, 6.45) is 0. The molecule has 0 saturated heterocycles. The van der Waals surface area contributed by atoms with Crippen LogP contribution in [0.2, 0.25) is 0 Å². The number of nitrogens with one attached hydrogen (secondary N) is 1. The summed E-state index contributed by atoms with van der Waals surface area (Å²) in [5, 5.41) is 20.8. The SMILES string of the molecule is CC(C(=O)O)N1C(=O)CNc2ccc(C#N)cc21. The first-order valence-corrected chi connectivity index (χ1v) is 5.37. The van der Waals surface area contributed by atoms with E-state index < -0.39 is 12.0 Å². The van der Waals surface area contributed by atoms with Crippen LogP contribution >= 0.6 is 0 Å². The van der Waals surface area contributed by atoms with E-state index in [1.54, 1.807) is 12.1 Å². The quantitative estimate of drug-likeness (QED) is 0.803. The van der Waals surface area contributed by atoms with Gasteiger partial charge in [-0.15, -0.1) is 0 Å². The lowest BCUT2D eigenvalue weighted by Crippen LogP contribution is -2.48. The van der Waals surface area contributed by atoms with Crippen LogP contribution in [0, 0.1) is 11.3 Å². The number of fused-ring (bicyclic) bond motifs is 1. The molecule has 18 heavy (non-hydrogen) atoms. The molecule has 0 bridgehead atoms. The molecular weight excluding hydrogens is 234 g/mol. The Labute approximate surface area is 103 Å². The highest BCUT2D eigenvalue weighted by atomic mass is 16.4. The van der Waals surface area contributed by atoms with E-state index in [0.717, 1.165) is 0 Å². The number of carbonyl (C=O) groups is 2. The van der Waals surface area contributed by atoms with E-state index in [9.17, 15) is 9.59 Å². The lowest BCUT2D eigenvalue weighted by molar-refractivity contribution is -0.139. The Balaban J connectivity index is 2.52. The first-order chi connectivity index (χ1) is 8.54. The van der Waals surface area contributed by atoms with E-state index >= 15 is 0 Å². The third-order valence-electron chi connectivity index (χ3n) is 2.83. The predicted octanol–water partition coefficient (Wildman–Crippen LogP) is 0.790. The van der Waals surface area contributed by atoms with E-state index in [1.165, 1.54) is 17.9 Å². The zero-order valence-corrected chi connectivity index (χ0v) is 9.67. The number of carboxylic acids is 1. The van der Waals surface area contributed by atoms with Crippen molar-refractivity contribution in [3.8, 4) is 6.07 Å². The maximum absolute atomic E-state index is 11.8. The van der Waals surface area contributed by atoms with Crippen molar-refractivity contribution in [3.05, 3.63) is 23.8 Å². The molecule has 1 amide bonds. The molecule has 6 nitrogen and oxygen atoms in total. The molecule has 1 aliphatic rings. The van der Waals surface area contributed by atoms with Crippen molar-refractivity contribution in [2.45, 2.75) is 13.0 Å². The molecule has 1 heterocycles. The van der Waals surface area contributed by atoms with Crippen molar-refractivity contribution >= 4 is 23.3 Å². The van der Waals surface area contributed by atoms with Gasteiger partial charge in [0.15, 0.2) is 0 Å². The molecule has 0 radical (unpaired) electrons. The fourth-order valence-corrected chi connectivity index (χ4v) is 1.88. The van der Waals surface area contributed by atoms with Gasteiger partial charge in [-0.25, -0.2) is 4.79 Å².